The number of methoxy groups -OCH3 is 1. The van der Waals surface area contributed by atoms with Crippen molar-refractivity contribution in [3.05, 3.63) is 58.2 Å². The first-order chi connectivity index (χ1) is 12.5. The Bertz CT molecular complexity index is 929. The number of anilines is 3. The predicted octanol–water partition coefficient (Wildman–Crippen LogP) is 4.43. The first-order valence-electron chi connectivity index (χ1n) is 7.82. The lowest BCUT2D eigenvalue weighted by Gasteiger charge is -2.10. The zero-order chi connectivity index (χ0) is 18.5. The summed E-state index contributed by atoms with van der Waals surface area (Å²) in [5.41, 5.74) is 2.12. The van der Waals surface area contributed by atoms with Crippen LogP contribution in [0.2, 0.25) is 5.02 Å². The number of pyridine rings is 1. The van der Waals surface area contributed by atoms with Crippen molar-refractivity contribution in [1.82, 2.24) is 9.97 Å². The summed E-state index contributed by atoms with van der Waals surface area (Å²) in [4.78, 5) is 21.1. The molecule has 0 unspecified atom stereocenters. The molecule has 0 aliphatic rings. The van der Waals surface area contributed by atoms with Gasteiger partial charge in [0.2, 0.25) is 5.91 Å². The number of hydrogen-bond donors (Lipinski definition) is 2. The summed E-state index contributed by atoms with van der Waals surface area (Å²) in [6.45, 7) is 1.92. The molecule has 2 aromatic heterocycles. The molecule has 0 saturated heterocycles. The van der Waals surface area contributed by atoms with Crippen LogP contribution in [0.5, 0.6) is 5.75 Å². The first-order valence-corrected chi connectivity index (χ1v) is 9.08. The number of thiazole rings is 1. The number of benzene rings is 1. The number of halogens is 1. The van der Waals surface area contributed by atoms with Crippen LogP contribution in [0, 0.1) is 6.92 Å². The fourth-order valence-corrected chi connectivity index (χ4v) is 3.19. The Morgan fingerprint density at radius 2 is 2.12 bits per heavy atom. The van der Waals surface area contributed by atoms with E-state index in [9.17, 15) is 4.79 Å². The fourth-order valence-electron chi connectivity index (χ4n) is 2.30. The van der Waals surface area contributed by atoms with Gasteiger partial charge in [-0.1, -0.05) is 17.7 Å². The maximum atomic E-state index is 12.3. The van der Waals surface area contributed by atoms with E-state index in [1.54, 1.807) is 18.2 Å². The molecule has 2 N–H and O–H groups in total. The Kier molecular flexibility index (Phi) is 5.70. The Morgan fingerprint density at radius 1 is 1.27 bits per heavy atom. The number of nitrogens with one attached hydrogen (secondary N) is 2. The third-order valence-electron chi connectivity index (χ3n) is 3.45. The van der Waals surface area contributed by atoms with E-state index in [-0.39, 0.29) is 12.3 Å². The van der Waals surface area contributed by atoms with E-state index in [0.717, 1.165) is 11.5 Å². The second-order valence-electron chi connectivity index (χ2n) is 5.50. The van der Waals surface area contributed by atoms with Crippen molar-refractivity contribution >= 4 is 45.5 Å². The van der Waals surface area contributed by atoms with Gasteiger partial charge in [-0.3, -0.25) is 4.79 Å². The van der Waals surface area contributed by atoms with Crippen molar-refractivity contribution in [1.29, 1.82) is 0 Å². The minimum absolute atomic E-state index is 0.148. The predicted molar refractivity (Wildman–Crippen MR) is 105 cm³/mol. The normalized spacial score (nSPS) is 10.4. The number of aromatic nitrogens is 2. The summed E-state index contributed by atoms with van der Waals surface area (Å²) in [5.74, 6) is 1.07. The molecule has 0 aliphatic carbocycles. The van der Waals surface area contributed by atoms with Crippen LogP contribution in [0.25, 0.3) is 0 Å². The van der Waals surface area contributed by atoms with Crippen molar-refractivity contribution < 1.29 is 9.53 Å². The maximum Gasteiger partial charge on any atom is 0.230 e. The van der Waals surface area contributed by atoms with Crippen LogP contribution in [0.4, 0.5) is 16.6 Å². The number of rotatable bonds is 6. The van der Waals surface area contributed by atoms with Crippen LogP contribution in [0.3, 0.4) is 0 Å². The maximum absolute atomic E-state index is 12.3. The highest BCUT2D eigenvalue weighted by Crippen LogP contribution is 2.28. The fraction of sp³-hybridized carbons (Fsp3) is 0.167. The van der Waals surface area contributed by atoms with Crippen molar-refractivity contribution in [3.8, 4) is 5.75 Å². The van der Waals surface area contributed by atoms with Crippen molar-refractivity contribution in [2.24, 2.45) is 0 Å². The third kappa shape index (κ3) is 4.71. The molecule has 3 rings (SSSR count). The van der Waals surface area contributed by atoms with Crippen molar-refractivity contribution in [2.75, 3.05) is 17.7 Å². The number of carbonyl (C=O) groups excluding carboxylic acids is 1. The zero-order valence-electron chi connectivity index (χ0n) is 14.2. The molecule has 2 heterocycles. The monoisotopic (exact) mass is 388 g/mol. The number of carbonyl (C=O) groups is 1. The number of hydrogen-bond acceptors (Lipinski definition) is 6. The number of aryl methyl sites for hydroxylation is 1. The third-order valence-corrected chi connectivity index (χ3v) is 4.49. The molecular weight excluding hydrogens is 372 g/mol. The standard InChI is InChI=1S/C18H17ClN4O2S/c1-11-4-3-5-16(20-11)23-18-21-13(10-26-18)9-17(24)22-14-8-12(19)6-7-15(14)25-2/h3-8,10H,9H2,1-2H3,(H,22,24)(H,20,21,23). The topological polar surface area (TPSA) is 76.1 Å². The van der Waals surface area contributed by atoms with Crippen LogP contribution in [-0.2, 0) is 11.2 Å². The molecule has 0 saturated carbocycles. The molecule has 0 radical (unpaired) electrons. The smallest absolute Gasteiger partial charge is 0.230 e. The molecular formula is C18H17ClN4O2S. The summed E-state index contributed by atoms with van der Waals surface area (Å²) in [6.07, 6.45) is 0.148. The molecule has 26 heavy (non-hydrogen) atoms. The second kappa shape index (κ2) is 8.16. The molecule has 8 heteroatoms. The molecule has 0 spiro atoms. The van der Waals surface area contributed by atoms with Gasteiger partial charge in [0.15, 0.2) is 5.13 Å². The molecule has 6 nitrogen and oxygen atoms in total. The van der Waals surface area contributed by atoms with Gasteiger partial charge in [0.1, 0.15) is 11.6 Å². The minimum atomic E-state index is -0.198. The number of amides is 1. The van der Waals surface area contributed by atoms with Gasteiger partial charge in [0.05, 0.1) is 24.9 Å². The molecule has 1 aromatic carbocycles. The minimum Gasteiger partial charge on any atom is -0.495 e. The highest BCUT2D eigenvalue weighted by atomic mass is 35.5. The SMILES string of the molecule is COc1ccc(Cl)cc1NC(=O)Cc1csc(Nc2cccc(C)n2)n1. The van der Waals surface area contributed by atoms with Gasteiger partial charge < -0.3 is 15.4 Å². The summed E-state index contributed by atoms with van der Waals surface area (Å²) >= 11 is 7.40. The number of nitrogens with zero attached hydrogens (tertiary/aromatic N) is 2. The van der Waals surface area contributed by atoms with Gasteiger partial charge >= 0.3 is 0 Å². The molecule has 134 valence electrons. The Morgan fingerprint density at radius 3 is 2.88 bits per heavy atom. The van der Waals surface area contributed by atoms with Crippen LogP contribution >= 0.6 is 22.9 Å². The summed E-state index contributed by atoms with van der Waals surface area (Å²) in [7, 11) is 1.54. The van der Waals surface area contributed by atoms with E-state index >= 15 is 0 Å². The lowest BCUT2D eigenvalue weighted by Crippen LogP contribution is -2.15. The van der Waals surface area contributed by atoms with Gasteiger partial charge in [0, 0.05) is 16.1 Å². The van der Waals surface area contributed by atoms with E-state index in [1.807, 2.05) is 30.5 Å². The van der Waals surface area contributed by atoms with Crippen molar-refractivity contribution in [3.63, 3.8) is 0 Å². The zero-order valence-corrected chi connectivity index (χ0v) is 15.8. The second-order valence-corrected chi connectivity index (χ2v) is 6.80. The molecule has 0 bridgehead atoms. The van der Waals surface area contributed by atoms with Gasteiger partial charge in [-0.05, 0) is 37.3 Å². The molecule has 3 aromatic rings. The lowest BCUT2D eigenvalue weighted by atomic mass is 10.2. The molecule has 0 aliphatic heterocycles. The summed E-state index contributed by atoms with van der Waals surface area (Å²) < 4.78 is 5.23. The largest absolute Gasteiger partial charge is 0.495 e. The quantitative estimate of drug-likeness (QED) is 0.653. The van der Waals surface area contributed by atoms with E-state index in [2.05, 4.69) is 20.6 Å². The van der Waals surface area contributed by atoms with Crippen LogP contribution in [0.1, 0.15) is 11.4 Å². The summed E-state index contributed by atoms with van der Waals surface area (Å²) in [6, 6.07) is 10.8. The van der Waals surface area contributed by atoms with Gasteiger partial charge in [-0.15, -0.1) is 11.3 Å². The molecule has 1 amide bonds. The highest BCUT2D eigenvalue weighted by molar-refractivity contribution is 7.13. The van der Waals surface area contributed by atoms with E-state index in [1.165, 1.54) is 18.4 Å². The Labute approximate surface area is 160 Å². The summed E-state index contributed by atoms with van der Waals surface area (Å²) in [5, 5.41) is 8.99. The Balaban J connectivity index is 1.64. The van der Waals surface area contributed by atoms with Crippen LogP contribution in [0.15, 0.2) is 41.8 Å². The van der Waals surface area contributed by atoms with E-state index in [4.69, 9.17) is 16.3 Å². The Hall–Kier alpha value is -2.64. The van der Waals surface area contributed by atoms with Crippen LogP contribution in [-0.4, -0.2) is 23.0 Å². The van der Waals surface area contributed by atoms with Gasteiger partial charge in [-0.2, -0.15) is 0 Å². The van der Waals surface area contributed by atoms with Gasteiger partial charge in [-0.25, -0.2) is 9.97 Å². The average Bonchev–Trinajstić information content (AvgIpc) is 3.01. The molecule has 0 fully saturated rings. The van der Waals surface area contributed by atoms with Gasteiger partial charge in [0.25, 0.3) is 0 Å². The van der Waals surface area contributed by atoms with E-state index < -0.39 is 0 Å². The first kappa shape index (κ1) is 18.2. The van der Waals surface area contributed by atoms with Crippen LogP contribution < -0.4 is 15.4 Å². The lowest BCUT2D eigenvalue weighted by molar-refractivity contribution is -0.115. The number of ether oxygens (including phenoxy) is 1. The highest BCUT2D eigenvalue weighted by Gasteiger charge is 2.11. The average molecular weight is 389 g/mol. The van der Waals surface area contributed by atoms with E-state index in [0.29, 0.717) is 27.3 Å². The van der Waals surface area contributed by atoms with Crippen molar-refractivity contribution in [2.45, 2.75) is 13.3 Å². The molecule has 0 atom stereocenters.